The number of carbonyl (C=O) groups excluding carboxylic acids is 2. The maximum absolute atomic E-state index is 13.5. The van der Waals surface area contributed by atoms with Crippen molar-refractivity contribution in [1.29, 1.82) is 0 Å². The first-order chi connectivity index (χ1) is 17.3. The molecule has 7 heteroatoms. The number of aryl methyl sites for hydroxylation is 2. The standard InChI is InChI=1S/C29H26N2O5/c1-17-15-18(9-14-24(17)36-4)27(32)25-26(22-16-30(2)23-8-6-5-7-21(22)23)31(29(34)28(25)33)19-10-12-20(35-3)13-11-19/h5-16,26,32H,1-4H3/b27-25+. The summed E-state index contributed by atoms with van der Waals surface area (Å²) in [6, 6.07) is 19.1. The molecule has 1 atom stereocenters. The Kier molecular flexibility index (Phi) is 5.76. The molecule has 0 spiro atoms. The van der Waals surface area contributed by atoms with E-state index in [1.165, 1.54) is 4.90 Å². The summed E-state index contributed by atoms with van der Waals surface area (Å²) in [6.45, 7) is 1.85. The number of methoxy groups -OCH3 is 2. The van der Waals surface area contributed by atoms with Crippen LogP contribution in [-0.4, -0.2) is 35.6 Å². The van der Waals surface area contributed by atoms with E-state index in [0.717, 1.165) is 22.0 Å². The fourth-order valence-electron chi connectivity index (χ4n) is 4.91. The number of carbonyl (C=O) groups is 2. The fraction of sp³-hybridized carbons (Fsp3) is 0.172. The molecule has 182 valence electrons. The Hall–Kier alpha value is -4.52. The van der Waals surface area contributed by atoms with E-state index in [0.29, 0.717) is 22.7 Å². The molecule has 1 fully saturated rings. The minimum absolute atomic E-state index is 0.0386. The van der Waals surface area contributed by atoms with Crippen molar-refractivity contribution in [3.05, 3.63) is 95.2 Å². The highest BCUT2D eigenvalue weighted by atomic mass is 16.5. The number of amides is 1. The average molecular weight is 483 g/mol. The first kappa shape index (κ1) is 23.2. The number of rotatable bonds is 5. The molecule has 1 aliphatic heterocycles. The average Bonchev–Trinajstić information content (AvgIpc) is 3.36. The number of anilines is 1. The molecule has 0 aliphatic carbocycles. The molecule has 0 radical (unpaired) electrons. The van der Waals surface area contributed by atoms with E-state index in [9.17, 15) is 14.7 Å². The molecular weight excluding hydrogens is 456 g/mol. The molecule has 3 aromatic carbocycles. The number of aromatic nitrogens is 1. The van der Waals surface area contributed by atoms with Gasteiger partial charge in [-0.25, -0.2) is 0 Å². The van der Waals surface area contributed by atoms with Crippen molar-refractivity contribution in [2.24, 2.45) is 7.05 Å². The van der Waals surface area contributed by atoms with Crippen LogP contribution in [0.3, 0.4) is 0 Å². The van der Waals surface area contributed by atoms with Crippen LogP contribution in [0.1, 0.15) is 22.7 Å². The zero-order valence-electron chi connectivity index (χ0n) is 20.5. The molecule has 0 bridgehead atoms. The quantitative estimate of drug-likeness (QED) is 0.242. The molecule has 1 saturated heterocycles. The van der Waals surface area contributed by atoms with Crippen LogP contribution < -0.4 is 14.4 Å². The highest BCUT2D eigenvalue weighted by molar-refractivity contribution is 6.51. The smallest absolute Gasteiger partial charge is 0.300 e. The maximum Gasteiger partial charge on any atom is 0.300 e. The van der Waals surface area contributed by atoms with E-state index in [1.807, 2.05) is 49.0 Å². The molecule has 1 aliphatic rings. The molecular formula is C29H26N2O5. The Bertz CT molecular complexity index is 1530. The van der Waals surface area contributed by atoms with Crippen LogP contribution in [0.2, 0.25) is 0 Å². The van der Waals surface area contributed by atoms with Crippen LogP contribution in [0.15, 0.2) is 78.5 Å². The van der Waals surface area contributed by atoms with E-state index in [1.54, 1.807) is 56.7 Å². The number of para-hydroxylation sites is 1. The lowest BCUT2D eigenvalue weighted by molar-refractivity contribution is -0.132. The maximum atomic E-state index is 13.5. The van der Waals surface area contributed by atoms with E-state index in [2.05, 4.69) is 0 Å². The van der Waals surface area contributed by atoms with Crippen molar-refractivity contribution >= 4 is 34.0 Å². The number of benzene rings is 3. The van der Waals surface area contributed by atoms with Crippen molar-refractivity contribution < 1.29 is 24.2 Å². The summed E-state index contributed by atoms with van der Waals surface area (Å²) in [7, 11) is 5.05. The lowest BCUT2D eigenvalue weighted by Gasteiger charge is -2.25. The topological polar surface area (TPSA) is 81.0 Å². The number of Topliss-reactive ketones (excluding diaryl/α,β-unsaturated/α-hetero) is 1. The summed E-state index contributed by atoms with van der Waals surface area (Å²) in [6.07, 6.45) is 1.91. The van der Waals surface area contributed by atoms with Crippen molar-refractivity contribution in [3.8, 4) is 11.5 Å². The van der Waals surface area contributed by atoms with E-state index in [4.69, 9.17) is 9.47 Å². The van der Waals surface area contributed by atoms with Gasteiger partial charge in [0.15, 0.2) is 0 Å². The number of ether oxygens (including phenoxy) is 2. The van der Waals surface area contributed by atoms with Gasteiger partial charge in [-0.15, -0.1) is 0 Å². The van der Waals surface area contributed by atoms with Gasteiger partial charge in [-0.3, -0.25) is 14.5 Å². The second kappa shape index (κ2) is 8.92. The van der Waals surface area contributed by atoms with Gasteiger partial charge in [0, 0.05) is 41.0 Å². The van der Waals surface area contributed by atoms with Crippen molar-refractivity contribution in [3.63, 3.8) is 0 Å². The van der Waals surface area contributed by atoms with Crippen molar-refractivity contribution in [2.45, 2.75) is 13.0 Å². The Morgan fingerprint density at radius 1 is 0.944 bits per heavy atom. The first-order valence-electron chi connectivity index (χ1n) is 11.5. The highest BCUT2D eigenvalue weighted by Crippen LogP contribution is 2.45. The van der Waals surface area contributed by atoms with Crippen LogP contribution in [0, 0.1) is 6.92 Å². The normalized spacial score (nSPS) is 17.1. The van der Waals surface area contributed by atoms with Crippen molar-refractivity contribution in [1.82, 2.24) is 4.57 Å². The lowest BCUT2D eigenvalue weighted by Crippen LogP contribution is -2.29. The summed E-state index contributed by atoms with van der Waals surface area (Å²) in [5.74, 6) is -0.380. The first-order valence-corrected chi connectivity index (χ1v) is 11.5. The minimum Gasteiger partial charge on any atom is -0.507 e. The molecule has 1 N–H and O–H groups in total. The second-order valence-electron chi connectivity index (χ2n) is 8.76. The van der Waals surface area contributed by atoms with E-state index < -0.39 is 17.7 Å². The summed E-state index contributed by atoms with van der Waals surface area (Å²) in [4.78, 5) is 28.4. The number of nitrogens with zero attached hydrogens (tertiary/aromatic N) is 2. The third kappa shape index (κ3) is 3.60. The van der Waals surface area contributed by atoms with Crippen LogP contribution in [0.4, 0.5) is 5.69 Å². The third-order valence-electron chi connectivity index (χ3n) is 6.69. The summed E-state index contributed by atoms with van der Waals surface area (Å²) in [5.41, 5.74) is 3.50. The summed E-state index contributed by atoms with van der Waals surface area (Å²) in [5, 5.41) is 12.4. The number of ketones is 1. The predicted octanol–water partition coefficient (Wildman–Crippen LogP) is 5.13. The van der Waals surface area contributed by atoms with Gasteiger partial charge in [-0.05, 0) is 61.0 Å². The van der Waals surface area contributed by atoms with Gasteiger partial charge in [0.2, 0.25) is 0 Å². The van der Waals surface area contributed by atoms with Crippen molar-refractivity contribution in [2.75, 3.05) is 19.1 Å². The molecule has 1 unspecified atom stereocenters. The van der Waals surface area contributed by atoms with Crippen LogP contribution in [0.5, 0.6) is 11.5 Å². The highest BCUT2D eigenvalue weighted by Gasteiger charge is 2.47. The van der Waals surface area contributed by atoms with Crippen LogP contribution in [-0.2, 0) is 16.6 Å². The number of hydrogen-bond acceptors (Lipinski definition) is 5. The molecule has 4 aromatic rings. The SMILES string of the molecule is COc1ccc(N2C(=O)C(=O)/C(=C(/O)c3ccc(OC)c(C)c3)C2c2cn(C)c3ccccc23)cc1. The van der Waals surface area contributed by atoms with Gasteiger partial charge in [0.05, 0.1) is 25.8 Å². The molecule has 1 aromatic heterocycles. The number of hydrogen-bond donors (Lipinski definition) is 1. The fourth-order valence-corrected chi connectivity index (χ4v) is 4.91. The van der Waals surface area contributed by atoms with Crippen LogP contribution in [0.25, 0.3) is 16.7 Å². The molecule has 5 rings (SSSR count). The lowest BCUT2D eigenvalue weighted by atomic mass is 9.94. The van der Waals surface area contributed by atoms with Gasteiger partial charge in [0.1, 0.15) is 17.3 Å². The summed E-state index contributed by atoms with van der Waals surface area (Å²) >= 11 is 0. The van der Waals surface area contributed by atoms with Crippen LogP contribution >= 0.6 is 0 Å². The monoisotopic (exact) mass is 482 g/mol. The van der Waals surface area contributed by atoms with Gasteiger partial charge >= 0.3 is 0 Å². The van der Waals surface area contributed by atoms with Gasteiger partial charge < -0.3 is 19.1 Å². The van der Waals surface area contributed by atoms with E-state index in [-0.39, 0.29) is 11.3 Å². The number of aliphatic hydroxyl groups excluding tert-OH is 1. The molecule has 0 saturated carbocycles. The summed E-state index contributed by atoms with van der Waals surface area (Å²) < 4.78 is 12.6. The molecule has 36 heavy (non-hydrogen) atoms. The zero-order chi connectivity index (χ0) is 25.6. The van der Waals surface area contributed by atoms with Gasteiger partial charge in [0.25, 0.3) is 11.7 Å². The largest absolute Gasteiger partial charge is 0.507 e. The Morgan fingerprint density at radius 3 is 2.33 bits per heavy atom. The molecule has 1 amide bonds. The molecule has 2 heterocycles. The Labute approximate surface area is 208 Å². The predicted molar refractivity (Wildman–Crippen MR) is 138 cm³/mol. The Morgan fingerprint density at radius 2 is 1.67 bits per heavy atom. The minimum atomic E-state index is -0.827. The van der Waals surface area contributed by atoms with Gasteiger partial charge in [-0.2, -0.15) is 0 Å². The number of aliphatic hydroxyl groups is 1. The number of fused-ring (bicyclic) bond motifs is 1. The van der Waals surface area contributed by atoms with Gasteiger partial charge in [-0.1, -0.05) is 18.2 Å². The second-order valence-corrected chi connectivity index (χ2v) is 8.76. The molecule has 7 nitrogen and oxygen atoms in total. The zero-order valence-corrected chi connectivity index (χ0v) is 20.5. The van der Waals surface area contributed by atoms with E-state index >= 15 is 0 Å². The third-order valence-corrected chi connectivity index (χ3v) is 6.69. The Balaban J connectivity index is 1.77.